The molecule has 0 radical (unpaired) electrons. The Morgan fingerprint density at radius 2 is 1.80 bits per heavy atom. The zero-order valence-electron chi connectivity index (χ0n) is 17.1. The molecule has 8 heteroatoms. The molecule has 0 spiro atoms. The van der Waals surface area contributed by atoms with E-state index >= 15 is 0 Å². The van der Waals surface area contributed by atoms with Gasteiger partial charge in [-0.1, -0.05) is 29.8 Å². The van der Waals surface area contributed by atoms with Crippen molar-refractivity contribution >= 4 is 23.5 Å². The highest BCUT2D eigenvalue weighted by atomic mass is 16.6. The maximum Gasteiger partial charge on any atom is 0.351 e. The maximum atomic E-state index is 12.5. The van der Waals surface area contributed by atoms with E-state index in [1.807, 2.05) is 19.1 Å². The lowest BCUT2D eigenvalue weighted by Crippen LogP contribution is -2.44. The SMILES string of the molecule is Cc1ccc(NC(=O)CN(C)C(=O)[C@H](C)OC(=O)[C@@H]2COc3ccccc3O2)cc1. The lowest BCUT2D eigenvalue weighted by molar-refractivity contribution is -0.166. The number of para-hydroxylation sites is 2. The van der Waals surface area contributed by atoms with Gasteiger partial charge < -0.3 is 24.4 Å². The molecule has 1 N–H and O–H groups in total. The molecule has 3 rings (SSSR count). The summed E-state index contributed by atoms with van der Waals surface area (Å²) in [6, 6.07) is 14.3. The highest BCUT2D eigenvalue weighted by molar-refractivity contribution is 5.95. The highest BCUT2D eigenvalue weighted by Crippen LogP contribution is 2.31. The van der Waals surface area contributed by atoms with E-state index in [9.17, 15) is 14.4 Å². The molecule has 1 aliphatic heterocycles. The Hall–Kier alpha value is -3.55. The second-order valence-electron chi connectivity index (χ2n) is 7.05. The van der Waals surface area contributed by atoms with Crippen LogP contribution in [0.2, 0.25) is 0 Å². The van der Waals surface area contributed by atoms with E-state index in [1.165, 1.54) is 18.9 Å². The first kappa shape index (κ1) is 21.2. The number of ether oxygens (including phenoxy) is 3. The fourth-order valence-corrected chi connectivity index (χ4v) is 2.88. The van der Waals surface area contributed by atoms with E-state index in [1.54, 1.807) is 36.4 Å². The third-order valence-electron chi connectivity index (χ3n) is 4.50. The molecule has 8 nitrogen and oxygen atoms in total. The lowest BCUT2D eigenvalue weighted by Gasteiger charge is -2.27. The zero-order valence-corrected chi connectivity index (χ0v) is 17.1. The van der Waals surface area contributed by atoms with Crippen LogP contribution >= 0.6 is 0 Å². The van der Waals surface area contributed by atoms with Crippen LogP contribution in [-0.4, -0.2) is 55.1 Å². The summed E-state index contributed by atoms with van der Waals surface area (Å²) in [6.07, 6.45) is -2.04. The number of fused-ring (bicyclic) bond motifs is 1. The van der Waals surface area contributed by atoms with Crippen molar-refractivity contribution in [1.29, 1.82) is 0 Å². The van der Waals surface area contributed by atoms with Gasteiger partial charge in [0.1, 0.15) is 6.61 Å². The van der Waals surface area contributed by atoms with E-state index in [-0.39, 0.29) is 19.1 Å². The second kappa shape index (κ2) is 9.30. The number of nitrogens with zero attached hydrogens (tertiary/aromatic N) is 1. The Balaban J connectivity index is 1.49. The van der Waals surface area contributed by atoms with Gasteiger partial charge in [-0.15, -0.1) is 0 Å². The van der Waals surface area contributed by atoms with E-state index < -0.39 is 24.1 Å². The smallest absolute Gasteiger partial charge is 0.351 e. The van der Waals surface area contributed by atoms with Gasteiger partial charge in [0, 0.05) is 12.7 Å². The largest absolute Gasteiger partial charge is 0.485 e. The summed E-state index contributed by atoms with van der Waals surface area (Å²) in [4.78, 5) is 38.2. The lowest BCUT2D eigenvalue weighted by atomic mass is 10.2. The van der Waals surface area contributed by atoms with E-state index in [2.05, 4.69) is 5.32 Å². The predicted octanol–water partition coefficient (Wildman–Crippen LogP) is 2.16. The molecular weight excluding hydrogens is 388 g/mol. The number of esters is 1. The van der Waals surface area contributed by atoms with Gasteiger partial charge in [0.15, 0.2) is 17.6 Å². The monoisotopic (exact) mass is 412 g/mol. The minimum atomic E-state index is -1.07. The van der Waals surface area contributed by atoms with Crippen molar-refractivity contribution in [2.24, 2.45) is 0 Å². The van der Waals surface area contributed by atoms with Crippen LogP contribution in [0.15, 0.2) is 48.5 Å². The molecule has 0 saturated carbocycles. The number of carbonyl (C=O) groups is 3. The number of benzene rings is 2. The molecule has 0 aliphatic carbocycles. The normalized spacial score (nSPS) is 15.6. The van der Waals surface area contributed by atoms with Crippen LogP contribution in [0, 0.1) is 6.92 Å². The minimum absolute atomic E-state index is 0.00838. The van der Waals surface area contributed by atoms with Crippen LogP contribution in [-0.2, 0) is 19.1 Å². The van der Waals surface area contributed by atoms with Crippen molar-refractivity contribution in [3.05, 3.63) is 54.1 Å². The summed E-state index contributed by atoms with van der Waals surface area (Å²) in [7, 11) is 1.47. The van der Waals surface area contributed by atoms with Crippen molar-refractivity contribution in [3.63, 3.8) is 0 Å². The molecule has 2 aromatic carbocycles. The Kier molecular flexibility index (Phi) is 6.56. The number of hydrogen-bond acceptors (Lipinski definition) is 6. The fourth-order valence-electron chi connectivity index (χ4n) is 2.88. The Morgan fingerprint density at radius 3 is 2.50 bits per heavy atom. The summed E-state index contributed by atoms with van der Waals surface area (Å²) in [5.41, 5.74) is 1.72. The minimum Gasteiger partial charge on any atom is -0.485 e. The van der Waals surface area contributed by atoms with Gasteiger partial charge in [-0.25, -0.2) is 4.79 Å². The highest BCUT2D eigenvalue weighted by Gasteiger charge is 2.32. The fraction of sp³-hybridized carbons (Fsp3) is 0.318. The topological polar surface area (TPSA) is 94.2 Å². The predicted molar refractivity (Wildman–Crippen MR) is 109 cm³/mol. The van der Waals surface area contributed by atoms with E-state index in [0.717, 1.165) is 5.56 Å². The standard InChI is InChI=1S/C22H24N2O6/c1-14-8-10-16(11-9-14)23-20(25)12-24(3)21(26)15(2)29-22(27)19-13-28-17-6-4-5-7-18(17)30-19/h4-11,15,19H,12-13H2,1-3H3,(H,23,25)/t15-,19-/m0/s1. The molecule has 158 valence electrons. The molecule has 1 heterocycles. The first-order chi connectivity index (χ1) is 14.3. The Bertz CT molecular complexity index is 927. The number of anilines is 1. The van der Waals surface area contributed by atoms with Gasteiger partial charge in [-0.3, -0.25) is 9.59 Å². The summed E-state index contributed by atoms with van der Waals surface area (Å²) in [6.45, 7) is 3.22. The van der Waals surface area contributed by atoms with Crippen LogP contribution in [0.25, 0.3) is 0 Å². The summed E-state index contributed by atoms with van der Waals surface area (Å²) < 4.78 is 16.3. The number of rotatable bonds is 6. The second-order valence-corrected chi connectivity index (χ2v) is 7.05. The molecule has 0 saturated heterocycles. The Morgan fingerprint density at radius 1 is 1.13 bits per heavy atom. The van der Waals surface area contributed by atoms with Crippen molar-refractivity contribution in [3.8, 4) is 11.5 Å². The molecule has 0 fully saturated rings. The molecule has 0 bridgehead atoms. The number of amides is 2. The van der Waals surface area contributed by atoms with Crippen molar-refractivity contribution in [2.75, 3.05) is 25.5 Å². The summed E-state index contributed by atoms with van der Waals surface area (Å²) >= 11 is 0. The average molecular weight is 412 g/mol. The molecule has 2 atom stereocenters. The van der Waals surface area contributed by atoms with Crippen LogP contribution in [0.5, 0.6) is 11.5 Å². The molecule has 1 aliphatic rings. The third-order valence-corrected chi connectivity index (χ3v) is 4.50. The molecule has 2 aromatic rings. The van der Waals surface area contributed by atoms with Gasteiger partial charge in [-0.2, -0.15) is 0 Å². The number of hydrogen-bond donors (Lipinski definition) is 1. The van der Waals surface area contributed by atoms with Crippen LogP contribution in [0.3, 0.4) is 0 Å². The third kappa shape index (κ3) is 5.28. The first-order valence-electron chi connectivity index (χ1n) is 9.54. The first-order valence-corrected chi connectivity index (χ1v) is 9.54. The number of nitrogens with one attached hydrogen (secondary N) is 1. The van der Waals surface area contributed by atoms with Gasteiger partial charge >= 0.3 is 5.97 Å². The maximum absolute atomic E-state index is 12.5. The van der Waals surface area contributed by atoms with Crippen molar-refractivity contribution in [2.45, 2.75) is 26.1 Å². The van der Waals surface area contributed by atoms with Crippen LogP contribution < -0.4 is 14.8 Å². The molecule has 2 amide bonds. The Labute approximate surface area is 174 Å². The molecule has 30 heavy (non-hydrogen) atoms. The number of aryl methyl sites for hydroxylation is 1. The van der Waals surface area contributed by atoms with Crippen LogP contribution in [0.4, 0.5) is 5.69 Å². The van der Waals surface area contributed by atoms with Crippen molar-refractivity contribution < 1.29 is 28.6 Å². The van der Waals surface area contributed by atoms with Gasteiger partial charge in [0.05, 0.1) is 6.54 Å². The van der Waals surface area contributed by atoms with Gasteiger partial charge in [0.25, 0.3) is 5.91 Å². The number of carbonyl (C=O) groups excluding carboxylic acids is 3. The van der Waals surface area contributed by atoms with E-state index in [0.29, 0.717) is 17.2 Å². The summed E-state index contributed by atoms with van der Waals surface area (Å²) in [5.74, 6) is -0.573. The molecule has 0 aromatic heterocycles. The molecular formula is C22H24N2O6. The molecule has 0 unspecified atom stereocenters. The average Bonchev–Trinajstić information content (AvgIpc) is 2.74. The number of likely N-dealkylation sites (N-methyl/N-ethyl adjacent to an activating group) is 1. The zero-order chi connectivity index (χ0) is 21.7. The van der Waals surface area contributed by atoms with Gasteiger partial charge in [0.2, 0.25) is 12.0 Å². The quantitative estimate of drug-likeness (QED) is 0.731. The van der Waals surface area contributed by atoms with Gasteiger partial charge in [-0.05, 0) is 38.1 Å². The van der Waals surface area contributed by atoms with E-state index in [4.69, 9.17) is 14.2 Å². The van der Waals surface area contributed by atoms with Crippen molar-refractivity contribution in [1.82, 2.24) is 4.90 Å². The van der Waals surface area contributed by atoms with Crippen LogP contribution in [0.1, 0.15) is 12.5 Å². The summed E-state index contributed by atoms with van der Waals surface area (Å²) in [5, 5.41) is 2.72.